The molecule has 0 amide bonds. The summed E-state index contributed by atoms with van der Waals surface area (Å²) in [7, 11) is 0. The van der Waals surface area contributed by atoms with Crippen molar-refractivity contribution in [2.24, 2.45) is 17.8 Å². The van der Waals surface area contributed by atoms with Crippen molar-refractivity contribution >= 4 is 11.9 Å². The van der Waals surface area contributed by atoms with Gasteiger partial charge in [-0.2, -0.15) is 0 Å². The zero-order valence-corrected chi connectivity index (χ0v) is 23.6. The highest BCUT2D eigenvalue weighted by molar-refractivity contribution is 5.75. The van der Waals surface area contributed by atoms with E-state index in [9.17, 15) is 9.59 Å². The molecule has 0 aromatic rings. The molecule has 1 aliphatic carbocycles. The first-order valence-electron chi connectivity index (χ1n) is 15.4. The fourth-order valence-electron chi connectivity index (χ4n) is 5.10. The van der Waals surface area contributed by atoms with Crippen LogP contribution in [-0.4, -0.2) is 25.2 Å². The molecule has 0 spiro atoms. The summed E-state index contributed by atoms with van der Waals surface area (Å²) < 4.78 is 11.1. The summed E-state index contributed by atoms with van der Waals surface area (Å²) in [5, 5.41) is 0. The molecule has 4 nitrogen and oxygen atoms in total. The van der Waals surface area contributed by atoms with Crippen LogP contribution in [0.3, 0.4) is 0 Å². The van der Waals surface area contributed by atoms with Crippen LogP contribution in [0.5, 0.6) is 0 Å². The Morgan fingerprint density at radius 2 is 0.914 bits per heavy atom. The number of carbonyl (C=O) groups is 2. The van der Waals surface area contributed by atoms with Gasteiger partial charge in [-0.25, -0.2) is 0 Å². The van der Waals surface area contributed by atoms with Gasteiger partial charge in [0.15, 0.2) is 0 Å². The zero-order chi connectivity index (χ0) is 25.6. The van der Waals surface area contributed by atoms with Crippen molar-refractivity contribution in [1.29, 1.82) is 0 Å². The van der Waals surface area contributed by atoms with Crippen molar-refractivity contribution < 1.29 is 19.1 Å². The molecule has 0 unspecified atom stereocenters. The van der Waals surface area contributed by atoms with Crippen LogP contribution in [0, 0.1) is 17.8 Å². The molecule has 0 aliphatic heterocycles. The maximum atomic E-state index is 12.4. The van der Waals surface area contributed by atoms with Gasteiger partial charge in [0.1, 0.15) is 0 Å². The Morgan fingerprint density at radius 3 is 1.29 bits per heavy atom. The summed E-state index contributed by atoms with van der Waals surface area (Å²) in [4.78, 5) is 24.7. The minimum Gasteiger partial charge on any atom is -0.465 e. The molecule has 0 atom stereocenters. The minimum atomic E-state index is -0.0558. The lowest BCUT2D eigenvalue weighted by Gasteiger charge is -2.26. The van der Waals surface area contributed by atoms with Crippen molar-refractivity contribution in [3.8, 4) is 0 Å². The molecule has 35 heavy (non-hydrogen) atoms. The van der Waals surface area contributed by atoms with E-state index >= 15 is 0 Å². The number of ether oxygens (including phenoxy) is 2. The molecule has 1 aliphatic rings. The van der Waals surface area contributed by atoms with E-state index in [4.69, 9.17) is 9.47 Å². The first-order chi connectivity index (χ1) is 17.0. The molecular weight excluding hydrogens is 436 g/mol. The monoisotopic (exact) mass is 494 g/mol. The van der Waals surface area contributed by atoms with E-state index in [0.29, 0.717) is 13.2 Å². The van der Waals surface area contributed by atoms with E-state index in [2.05, 4.69) is 20.8 Å². The highest BCUT2D eigenvalue weighted by atomic mass is 16.5. The SMILES string of the molecule is CCCCCCCCCCOC(=O)C1CCC(C(=O)OCCCCCCCCCCC(C)C)CC1. The number of rotatable bonds is 22. The highest BCUT2D eigenvalue weighted by Gasteiger charge is 2.31. The molecule has 0 aromatic carbocycles. The lowest BCUT2D eigenvalue weighted by Crippen LogP contribution is -2.28. The van der Waals surface area contributed by atoms with Gasteiger partial charge in [-0.05, 0) is 44.4 Å². The molecule has 0 radical (unpaired) electrons. The Balaban J connectivity index is 1.94. The summed E-state index contributed by atoms with van der Waals surface area (Å²) in [5.74, 6) is 0.662. The first kappa shape index (κ1) is 32.0. The molecule has 4 heteroatoms. The molecule has 1 saturated carbocycles. The molecule has 206 valence electrons. The smallest absolute Gasteiger partial charge is 0.308 e. The van der Waals surface area contributed by atoms with E-state index in [-0.39, 0.29) is 23.8 Å². The topological polar surface area (TPSA) is 52.6 Å². The van der Waals surface area contributed by atoms with Crippen LogP contribution in [0.2, 0.25) is 0 Å². The summed E-state index contributed by atoms with van der Waals surface area (Å²) >= 11 is 0. The largest absolute Gasteiger partial charge is 0.465 e. The Kier molecular flexibility index (Phi) is 20.2. The standard InChI is InChI=1S/C31H58O4/c1-4-5-6-7-8-12-15-18-25-34-30(32)28-21-23-29(24-22-28)31(33)35-26-19-16-13-10-9-11-14-17-20-27(2)3/h27-29H,4-26H2,1-3H3. The molecule has 0 aromatic heterocycles. The van der Waals surface area contributed by atoms with Gasteiger partial charge in [-0.15, -0.1) is 0 Å². The predicted octanol–water partition coefficient (Wildman–Crippen LogP) is 9.19. The van der Waals surface area contributed by atoms with Gasteiger partial charge >= 0.3 is 11.9 Å². The summed E-state index contributed by atoms with van der Waals surface area (Å²) in [6.45, 7) is 7.94. The fraction of sp³-hybridized carbons (Fsp3) is 0.935. The van der Waals surface area contributed by atoms with Gasteiger partial charge in [0.25, 0.3) is 0 Å². The van der Waals surface area contributed by atoms with Gasteiger partial charge < -0.3 is 9.47 Å². The third-order valence-electron chi connectivity index (χ3n) is 7.56. The highest BCUT2D eigenvalue weighted by Crippen LogP contribution is 2.30. The number of esters is 2. The van der Waals surface area contributed by atoms with Crippen molar-refractivity contribution in [2.75, 3.05) is 13.2 Å². The number of unbranched alkanes of at least 4 members (excludes halogenated alkanes) is 14. The third-order valence-corrected chi connectivity index (χ3v) is 7.56. The molecule has 0 heterocycles. The van der Waals surface area contributed by atoms with E-state index in [1.807, 2.05) is 0 Å². The second-order valence-corrected chi connectivity index (χ2v) is 11.4. The van der Waals surface area contributed by atoms with E-state index in [0.717, 1.165) is 57.3 Å². The lowest BCUT2D eigenvalue weighted by atomic mass is 9.82. The number of hydrogen-bond donors (Lipinski definition) is 0. The van der Waals surface area contributed by atoms with Crippen LogP contribution >= 0.6 is 0 Å². The Morgan fingerprint density at radius 1 is 0.571 bits per heavy atom. The van der Waals surface area contributed by atoms with Crippen LogP contribution in [0.25, 0.3) is 0 Å². The van der Waals surface area contributed by atoms with Crippen LogP contribution in [-0.2, 0) is 19.1 Å². The van der Waals surface area contributed by atoms with Crippen molar-refractivity contribution in [3.05, 3.63) is 0 Å². The van der Waals surface area contributed by atoms with Gasteiger partial charge in [0.05, 0.1) is 25.0 Å². The quantitative estimate of drug-likeness (QED) is 0.111. The second-order valence-electron chi connectivity index (χ2n) is 11.4. The average Bonchev–Trinajstić information content (AvgIpc) is 2.86. The Bertz CT molecular complexity index is 508. The number of hydrogen-bond acceptors (Lipinski definition) is 4. The Labute approximate surface area is 217 Å². The molecular formula is C31H58O4. The van der Waals surface area contributed by atoms with E-state index in [1.54, 1.807) is 0 Å². The molecule has 0 saturated heterocycles. The molecule has 0 N–H and O–H groups in total. The van der Waals surface area contributed by atoms with Crippen molar-refractivity contribution in [2.45, 2.75) is 156 Å². The van der Waals surface area contributed by atoms with Crippen LogP contribution < -0.4 is 0 Å². The van der Waals surface area contributed by atoms with Gasteiger partial charge in [-0.3, -0.25) is 9.59 Å². The average molecular weight is 495 g/mol. The van der Waals surface area contributed by atoms with Crippen LogP contribution in [0.15, 0.2) is 0 Å². The normalized spacial score (nSPS) is 18.1. The molecule has 1 fully saturated rings. The minimum absolute atomic E-state index is 0.0292. The fourth-order valence-corrected chi connectivity index (χ4v) is 5.10. The van der Waals surface area contributed by atoms with Gasteiger partial charge in [0.2, 0.25) is 0 Å². The van der Waals surface area contributed by atoms with Crippen LogP contribution in [0.1, 0.15) is 156 Å². The first-order valence-corrected chi connectivity index (χ1v) is 15.4. The maximum Gasteiger partial charge on any atom is 0.308 e. The Hall–Kier alpha value is -1.06. The maximum absolute atomic E-state index is 12.4. The predicted molar refractivity (Wildman–Crippen MR) is 146 cm³/mol. The third kappa shape index (κ3) is 17.9. The van der Waals surface area contributed by atoms with Crippen molar-refractivity contribution in [1.82, 2.24) is 0 Å². The number of carbonyl (C=O) groups excluding carboxylic acids is 2. The van der Waals surface area contributed by atoms with Gasteiger partial charge in [0, 0.05) is 0 Å². The van der Waals surface area contributed by atoms with Crippen LogP contribution in [0.4, 0.5) is 0 Å². The summed E-state index contributed by atoms with van der Waals surface area (Å²) in [6.07, 6.45) is 24.5. The second kappa shape index (κ2) is 22.2. The molecule has 1 rings (SSSR count). The van der Waals surface area contributed by atoms with Crippen molar-refractivity contribution in [3.63, 3.8) is 0 Å². The summed E-state index contributed by atoms with van der Waals surface area (Å²) in [6, 6.07) is 0. The van der Waals surface area contributed by atoms with E-state index in [1.165, 1.54) is 83.5 Å². The lowest BCUT2D eigenvalue weighted by molar-refractivity contribution is -0.155. The van der Waals surface area contributed by atoms with E-state index < -0.39 is 0 Å². The summed E-state index contributed by atoms with van der Waals surface area (Å²) in [5.41, 5.74) is 0. The van der Waals surface area contributed by atoms with Gasteiger partial charge in [-0.1, -0.05) is 117 Å². The zero-order valence-electron chi connectivity index (χ0n) is 23.6. The molecule has 0 bridgehead atoms.